The first-order valence-electron chi connectivity index (χ1n) is 6.51. The van der Waals surface area contributed by atoms with E-state index in [4.69, 9.17) is 5.11 Å². The molecule has 6 nitrogen and oxygen atoms in total. The maximum absolute atomic E-state index is 11.0. The lowest BCUT2D eigenvalue weighted by Gasteiger charge is -2.23. The molecule has 0 amide bonds. The summed E-state index contributed by atoms with van der Waals surface area (Å²) in [5, 5.41) is 22.9. The van der Waals surface area contributed by atoms with Crippen LogP contribution < -0.4 is 10.2 Å². The highest BCUT2D eigenvalue weighted by atomic mass is 16.6. The molecule has 1 rings (SSSR count). The van der Waals surface area contributed by atoms with Gasteiger partial charge >= 0.3 is 0 Å². The Hall–Kier alpha value is -1.82. The summed E-state index contributed by atoms with van der Waals surface area (Å²) in [5.74, 6) is 0. The van der Waals surface area contributed by atoms with Crippen LogP contribution in [0.1, 0.15) is 20.3 Å². The van der Waals surface area contributed by atoms with E-state index in [9.17, 15) is 10.1 Å². The molecule has 0 unspecified atom stereocenters. The minimum atomic E-state index is -0.385. The smallest absolute Gasteiger partial charge is 0.273 e. The summed E-state index contributed by atoms with van der Waals surface area (Å²) in [4.78, 5) is 12.6. The van der Waals surface area contributed by atoms with Gasteiger partial charge in [0.25, 0.3) is 5.69 Å². The van der Waals surface area contributed by atoms with E-state index in [0.29, 0.717) is 19.5 Å². The Balaban J connectivity index is 3.05. The molecule has 0 saturated carbocycles. The van der Waals surface area contributed by atoms with E-state index in [1.165, 1.54) is 6.07 Å². The average Bonchev–Trinajstić information content (AvgIpc) is 2.39. The second-order valence-corrected chi connectivity index (χ2v) is 4.18. The highest BCUT2D eigenvalue weighted by Crippen LogP contribution is 2.27. The standard InChI is InChI=1S/C13H21N3O3/c1-3-14-11-8-12(10-13(9-11)16(18)19)15(4-2)6-5-7-17/h8-10,14,17H,3-7H2,1-2H3. The summed E-state index contributed by atoms with van der Waals surface area (Å²) in [6, 6.07) is 5.01. The van der Waals surface area contributed by atoms with Crippen molar-refractivity contribution >= 4 is 17.1 Å². The van der Waals surface area contributed by atoms with Crippen molar-refractivity contribution in [3.63, 3.8) is 0 Å². The minimum Gasteiger partial charge on any atom is -0.396 e. The second-order valence-electron chi connectivity index (χ2n) is 4.18. The quantitative estimate of drug-likeness (QED) is 0.558. The number of hydrogen-bond acceptors (Lipinski definition) is 5. The molecule has 0 aliphatic heterocycles. The molecule has 0 radical (unpaired) electrons. The van der Waals surface area contributed by atoms with Gasteiger partial charge in [-0.05, 0) is 26.3 Å². The zero-order chi connectivity index (χ0) is 14.3. The number of aliphatic hydroxyl groups excluding tert-OH is 1. The number of non-ortho nitro benzene ring substituents is 1. The predicted octanol–water partition coefficient (Wildman–Crippen LogP) is 2.24. The fourth-order valence-electron chi connectivity index (χ4n) is 1.92. The highest BCUT2D eigenvalue weighted by Gasteiger charge is 2.13. The van der Waals surface area contributed by atoms with Gasteiger partial charge in [-0.15, -0.1) is 0 Å². The Bertz CT molecular complexity index is 424. The van der Waals surface area contributed by atoms with Gasteiger partial charge in [-0.1, -0.05) is 0 Å². The normalized spacial score (nSPS) is 10.3. The van der Waals surface area contributed by atoms with Crippen LogP contribution in [0.4, 0.5) is 17.1 Å². The van der Waals surface area contributed by atoms with Gasteiger partial charge in [0.2, 0.25) is 0 Å². The number of nitro groups is 1. The lowest BCUT2D eigenvalue weighted by Crippen LogP contribution is -2.24. The molecule has 0 spiro atoms. The van der Waals surface area contributed by atoms with Gasteiger partial charge < -0.3 is 15.3 Å². The summed E-state index contributed by atoms with van der Waals surface area (Å²) in [7, 11) is 0. The largest absolute Gasteiger partial charge is 0.396 e. The van der Waals surface area contributed by atoms with Crippen LogP contribution in [-0.4, -0.2) is 36.3 Å². The molecule has 0 heterocycles. The van der Waals surface area contributed by atoms with Crippen LogP contribution in [0.3, 0.4) is 0 Å². The predicted molar refractivity (Wildman–Crippen MR) is 76.8 cm³/mol. The third-order valence-electron chi connectivity index (χ3n) is 2.83. The molecule has 0 aliphatic carbocycles. The first-order valence-corrected chi connectivity index (χ1v) is 6.51. The Labute approximate surface area is 113 Å². The van der Waals surface area contributed by atoms with E-state index in [1.807, 2.05) is 24.8 Å². The third kappa shape index (κ3) is 4.40. The van der Waals surface area contributed by atoms with E-state index >= 15 is 0 Å². The summed E-state index contributed by atoms with van der Waals surface area (Å²) in [6.45, 7) is 6.19. The van der Waals surface area contributed by atoms with Crippen LogP contribution in [-0.2, 0) is 0 Å². The Morgan fingerprint density at radius 2 is 2.11 bits per heavy atom. The molecule has 0 bridgehead atoms. The Kier molecular flexibility index (Phi) is 6.08. The lowest BCUT2D eigenvalue weighted by atomic mass is 10.2. The van der Waals surface area contributed by atoms with Gasteiger partial charge in [0.05, 0.1) is 4.92 Å². The van der Waals surface area contributed by atoms with E-state index in [-0.39, 0.29) is 17.2 Å². The van der Waals surface area contributed by atoms with Crippen LogP contribution in [0.15, 0.2) is 18.2 Å². The number of rotatable bonds is 8. The van der Waals surface area contributed by atoms with Crippen molar-refractivity contribution in [2.45, 2.75) is 20.3 Å². The minimum absolute atomic E-state index is 0.0795. The molecule has 106 valence electrons. The summed E-state index contributed by atoms with van der Waals surface area (Å²) in [5.41, 5.74) is 1.63. The van der Waals surface area contributed by atoms with E-state index in [1.54, 1.807) is 6.07 Å². The van der Waals surface area contributed by atoms with Gasteiger partial charge in [-0.25, -0.2) is 0 Å². The van der Waals surface area contributed by atoms with Crippen LogP contribution in [0.25, 0.3) is 0 Å². The topological polar surface area (TPSA) is 78.6 Å². The first kappa shape index (κ1) is 15.2. The second kappa shape index (κ2) is 7.58. The molecule has 19 heavy (non-hydrogen) atoms. The molecule has 6 heteroatoms. The molecule has 0 aliphatic rings. The monoisotopic (exact) mass is 267 g/mol. The highest BCUT2D eigenvalue weighted by molar-refractivity contribution is 5.64. The molecular weight excluding hydrogens is 246 g/mol. The van der Waals surface area contributed by atoms with Crippen molar-refractivity contribution in [2.24, 2.45) is 0 Å². The van der Waals surface area contributed by atoms with Crippen molar-refractivity contribution in [1.82, 2.24) is 0 Å². The first-order chi connectivity index (χ1) is 9.12. The van der Waals surface area contributed by atoms with Gasteiger partial charge in [0, 0.05) is 49.7 Å². The molecule has 0 aromatic heterocycles. The molecule has 0 fully saturated rings. The van der Waals surface area contributed by atoms with E-state index in [2.05, 4.69) is 5.32 Å². The van der Waals surface area contributed by atoms with Crippen molar-refractivity contribution in [3.8, 4) is 0 Å². The number of nitrogens with one attached hydrogen (secondary N) is 1. The SMILES string of the molecule is CCNc1cc(N(CC)CCCO)cc([N+](=O)[O-])c1. The van der Waals surface area contributed by atoms with Gasteiger partial charge in [-0.3, -0.25) is 10.1 Å². The number of benzene rings is 1. The zero-order valence-electron chi connectivity index (χ0n) is 11.4. The zero-order valence-corrected chi connectivity index (χ0v) is 11.4. The van der Waals surface area contributed by atoms with Crippen LogP contribution >= 0.6 is 0 Å². The van der Waals surface area contributed by atoms with Crippen molar-refractivity contribution in [1.29, 1.82) is 0 Å². The summed E-state index contributed by atoms with van der Waals surface area (Å²) >= 11 is 0. The third-order valence-corrected chi connectivity index (χ3v) is 2.83. The lowest BCUT2D eigenvalue weighted by molar-refractivity contribution is -0.384. The molecule has 2 N–H and O–H groups in total. The summed E-state index contributed by atoms with van der Waals surface area (Å²) in [6.07, 6.45) is 0.646. The Morgan fingerprint density at radius 1 is 1.37 bits per heavy atom. The average molecular weight is 267 g/mol. The molecular formula is C13H21N3O3. The maximum atomic E-state index is 11.0. The van der Waals surface area contributed by atoms with Gasteiger partial charge in [-0.2, -0.15) is 0 Å². The number of anilines is 2. The molecule has 1 aromatic carbocycles. The van der Waals surface area contributed by atoms with Gasteiger partial charge in [0.15, 0.2) is 0 Å². The van der Waals surface area contributed by atoms with Crippen molar-refractivity contribution < 1.29 is 10.0 Å². The van der Waals surface area contributed by atoms with Crippen LogP contribution in [0.5, 0.6) is 0 Å². The molecule has 1 aromatic rings. The van der Waals surface area contributed by atoms with E-state index < -0.39 is 0 Å². The fourth-order valence-corrected chi connectivity index (χ4v) is 1.92. The summed E-state index contributed by atoms with van der Waals surface area (Å²) < 4.78 is 0. The fraction of sp³-hybridized carbons (Fsp3) is 0.538. The Morgan fingerprint density at radius 3 is 2.63 bits per heavy atom. The van der Waals surface area contributed by atoms with Crippen molar-refractivity contribution in [3.05, 3.63) is 28.3 Å². The number of nitrogens with zero attached hydrogens (tertiary/aromatic N) is 2. The van der Waals surface area contributed by atoms with E-state index in [0.717, 1.165) is 17.9 Å². The molecule has 0 saturated heterocycles. The number of nitro benzene ring substituents is 1. The number of hydrogen-bond donors (Lipinski definition) is 2. The van der Waals surface area contributed by atoms with Crippen molar-refractivity contribution in [2.75, 3.05) is 36.5 Å². The maximum Gasteiger partial charge on any atom is 0.273 e. The molecule has 0 atom stereocenters. The number of aliphatic hydroxyl groups is 1. The van der Waals surface area contributed by atoms with Crippen LogP contribution in [0, 0.1) is 10.1 Å². The van der Waals surface area contributed by atoms with Crippen LogP contribution in [0.2, 0.25) is 0 Å². The van der Waals surface area contributed by atoms with Gasteiger partial charge in [0.1, 0.15) is 0 Å².